The van der Waals surface area contributed by atoms with Gasteiger partial charge in [0.05, 0.1) is 4.90 Å². The van der Waals surface area contributed by atoms with Crippen molar-refractivity contribution in [2.45, 2.75) is 50.5 Å². The monoisotopic (exact) mass is 344 g/mol. The summed E-state index contributed by atoms with van der Waals surface area (Å²) in [6.07, 6.45) is 4.18. The van der Waals surface area contributed by atoms with Crippen LogP contribution < -0.4 is 10.0 Å². The van der Waals surface area contributed by atoms with Crippen molar-refractivity contribution in [1.29, 1.82) is 0 Å². The van der Waals surface area contributed by atoms with Gasteiger partial charge in [0.1, 0.15) is 0 Å². The van der Waals surface area contributed by atoms with Crippen molar-refractivity contribution in [3.8, 4) is 0 Å². The summed E-state index contributed by atoms with van der Waals surface area (Å²) in [5.74, 6) is 0. The first kappa shape index (κ1) is 16.8. The minimum Gasteiger partial charge on any atom is -0.382 e. The molecule has 1 atom stereocenters. The number of fused-ring (bicyclic) bond motifs is 1. The minimum absolute atomic E-state index is 0.312. The molecule has 1 aliphatic rings. The van der Waals surface area contributed by atoms with Gasteiger partial charge in [-0.3, -0.25) is 4.72 Å². The summed E-state index contributed by atoms with van der Waals surface area (Å²) in [4.78, 5) is 0.312. The Morgan fingerprint density at radius 1 is 1.17 bits per heavy atom. The summed E-state index contributed by atoms with van der Waals surface area (Å²) in [6, 6.07) is 13.3. The van der Waals surface area contributed by atoms with Crippen molar-refractivity contribution >= 4 is 21.4 Å². The van der Waals surface area contributed by atoms with E-state index < -0.39 is 10.0 Å². The molecule has 128 valence electrons. The van der Waals surface area contributed by atoms with Crippen molar-refractivity contribution in [1.82, 2.24) is 0 Å². The lowest BCUT2D eigenvalue weighted by Crippen LogP contribution is -2.13. The van der Waals surface area contributed by atoms with Crippen molar-refractivity contribution in [2.24, 2.45) is 0 Å². The van der Waals surface area contributed by atoms with Gasteiger partial charge in [0, 0.05) is 17.4 Å². The number of benzene rings is 2. The van der Waals surface area contributed by atoms with Gasteiger partial charge in [-0.2, -0.15) is 0 Å². The molecule has 2 aromatic rings. The van der Waals surface area contributed by atoms with Gasteiger partial charge in [-0.1, -0.05) is 25.5 Å². The molecular formula is C19H24N2O2S. The minimum atomic E-state index is -3.56. The largest absolute Gasteiger partial charge is 0.382 e. The highest BCUT2D eigenvalue weighted by Crippen LogP contribution is 2.28. The topological polar surface area (TPSA) is 58.2 Å². The van der Waals surface area contributed by atoms with Crippen LogP contribution in [0.5, 0.6) is 0 Å². The number of anilines is 2. The highest BCUT2D eigenvalue weighted by molar-refractivity contribution is 7.92. The molecule has 4 nitrogen and oxygen atoms in total. The molecule has 1 aliphatic heterocycles. The van der Waals surface area contributed by atoms with Crippen LogP contribution in [0.3, 0.4) is 0 Å². The SMILES string of the molecule is CCCCc1ccc(NS(=O)(=O)c2ccc3c(c2)CC(C)N3)cc1. The van der Waals surface area contributed by atoms with Gasteiger partial charge in [-0.25, -0.2) is 8.42 Å². The molecule has 0 amide bonds. The first-order valence-corrected chi connectivity index (χ1v) is 9.97. The molecule has 2 N–H and O–H groups in total. The van der Waals surface area contributed by atoms with Gasteiger partial charge in [0.2, 0.25) is 0 Å². The van der Waals surface area contributed by atoms with Crippen LogP contribution >= 0.6 is 0 Å². The van der Waals surface area contributed by atoms with Crippen molar-refractivity contribution in [2.75, 3.05) is 10.0 Å². The lowest BCUT2D eigenvalue weighted by molar-refractivity contribution is 0.601. The molecule has 0 aromatic heterocycles. The average molecular weight is 344 g/mol. The predicted molar refractivity (Wildman–Crippen MR) is 99.1 cm³/mol. The van der Waals surface area contributed by atoms with E-state index in [-0.39, 0.29) is 0 Å². The Bertz CT molecular complexity index is 814. The number of hydrogen-bond donors (Lipinski definition) is 2. The lowest BCUT2D eigenvalue weighted by Gasteiger charge is -2.10. The normalized spacial score (nSPS) is 16.5. The molecule has 0 saturated heterocycles. The second kappa shape index (κ2) is 6.85. The number of aryl methyl sites for hydroxylation is 1. The first-order chi connectivity index (χ1) is 11.5. The van der Waals surface area contributed by atoms with E-state index in [9.17, 15) is 8.42 Å². The highest BCUT2D eigenvalue weighted by Gasteiger charge is 2.21. The van der Waals surface area contributed by atoms with Crippen molar-refractivity contribution in [3.63, 3.8) is 0 Å². The summed E-state index contributed by atoms with van der Waals surface area (Å²) in [7, 11) is -3.56. The van der Waals surface area contributed by atoms with E-state index >= 15 is 0 Å². The standard InChI is InChI=1S/C19H24N2O2S/c1-3-4-5-15-6-8-17(9-7-15)21-24(22,23)18-10-11-19-16(13-18)12-14(2)20-19/h6-11,13-14,20-21H,3-5,12H2,1-2H3. The van der Waals surface area contributed by atoms with Crippen molar-refractivity contribution < 1.29 is 8.42 Å². The van der Waals surface area contributed by atoms with E-state index in [4.69, 9.17) is 0 Å². The second-order valence-electron chi connectivity index (χ2n) is 6.47. The second-order valence-corrected chi connectivity index (χ2v) is 8.16. The van der Waals surface area contributed by atoms with E-state index in [0.29, 0.717) is 16.6 Å². The van der Waals surface area contributed by atoms with E-state index in [1.54, 1.807) is 12.1 Å². The van der Waals surface area contributed by atoms with Gasteiger partial charge in [0.15, 0.2) is 0 Å². The Morgan fingerprint density at radius 3 is 2.62 bits per heavy atom. The van der Waals surface area contributed by atoms with Crippen molar-refractivity contribution in [3.05, 3.63) is 53.6 Å². The Hall–Kier alpha value is -2.01. The molecule has 0 bridgehead atoms. The maximum atomic E-state index is 12.6. The van der Waals surface area contributed by atoms with Gasteiger partial charge in [-0.15, -0.1) is 0 Å². The van der Waals surface area contributed by atoms with Crippen LogP contribution in [0.15, 0.2) is 47.4 Å². The Balaban J connectivity index is 1.75. The summed E-state index contributed by atoms with van der Waals surface area (Å²) in [6.45, 7) is 4.25. The fourth-order valence-electron chi connectivity index (χ4n) is 3.03. The van der Waals surface area contributed by atoms with Gasteiger partial charge >= 0.3 is 0 Å². The Labute approximate surface area is 144 Å². The summed E-state index contributed by atoms with van der Waals surface area (Å²) in [5, 5.41) is 3.33. The summed E-state index contributed by atoms with van der Waals surface area (Å²) < 4.78 is 27.9. The molecule has 0 aliphatic carbocycles. The number of sulfonamides is 1. The van der Waals surface area contributed by atoms with Gasteiger partial charge in [0.25, 0.3) is 10.0 Å². The number of unbranched alkanes of at least 4 members (excludes halogenated alkanes) is 1. The van der Waals surface area contributed by atoms with Gasteiger partial charge in [-0.05, 0) is 67.6 Å². The molecule has 1 heterocycles. The van der Waals surface area contributed by atoms with Crippen LogP contribution in [0.4, 0.5) is 11.4 Å². The first-order valence-electron chi connectivity index (χ1n) is 8.49. The third-order valence-electron chi connectivity index (χ3n) is 4.34. The van der Waals surface area contributed by atoms with Crippen LogP contribution in [0, 0.1) is 0 Å². The highest BCUT2D eigenvalue weighted by atomic mass is 32.2. The molecule has 5 heteroatoms. The predicted octanol–water partition coefficient (Wildman–Crippen LogP) is 4.19. The smallest absolute Gasteiger partial charge is 0.261 e. The molecule has 1 unspecified atom stereocenters. The lowest BCUT2D eigenvalue weighted by atomic mass is 10.1. The molecule has 0 spiro atoms. The molecule has 24 heavy (non-hydrogen) atoms. The van der Waals surface area contributed by atoms with Crippen LogP contribution in [-0.2, 0) is 22.9 Å². The molecule has 0 saturated carbocycles. The maximum absolute atomic E-state index is 12.6. The third kappa shape index (κ3) is 3.73. The molecule has 0 radical (unpaired) electrons. The summed E-state index contributed by atoms with van der Waals surface area (Å²) >= 11 is 0. The molecule has 0 fully saturated rings. The zero-order valence-corrected chi connectivity index (χ0v) is 15.0. The van der Waals surface area contributed by atoms with Crippen LogP contribution in [-0.4, -0.2) is 14.5 Å². The Kier molecular flexibility index (Phi) is 4.81. The van der Waals surface area contributed by atoms with Crippen LogP contribution in [0.2, 0.25) is 0 Å². The average Bonchev–Trinajstić information content (AvgIpc) is 2.93. The quantitative estimate of drug-likeness (QED) is 0.826. The zero-order chi connectivity index (χ0) is 17.2. The molecule has 2 aromatic carbocycles. The summed E-state index contributed by atoms with van der Waals surface area (Å²) in [5.41, 5.74) is 3.92. The fraction of sp³-hybridized carbons (Fsp3) is 0.368. The number of hydrogen-bond acceptors (Lipinski definition) is 3. The number of nitrogens with one attached hydrogen (secondary N) is 2. The maximum Gasteiger partial charge on any atom is 0.261 e. The van der Waals surface area contributed by atoms with Gasteiger partial charge < -0.3 is 5.32 Å². The van der Waals surface area contributed by atoms with E-state index in [1.165, 1.54) is 5.56 Å². The van der Waals surface area contributed by atoms with E-state index in [1.807, 2.05) is 30.3 Å². The molecular weight excluding hydrogens is 320 g/mol. The van der Waals surface area contributed by atoms with E-state index in [2.05, 4.69) is 23.9 Å². The number of rotatable bonds is 6. The van der Waals surface area contributed by atoms with Crippen LogP contribution in [0.25, 0.3) is 0 Å². The molecule has 3 rings (SSSR count). The fourth-order valence-corrected chi connectivity index (χ4v) is 4.14. The van der Waals surface area contributed by atoms with Crippen LogP contribution in [0.1, 0.15) is 37.8 Å². The van der Waals surface area contributed by atoms with E-state index in [0.717, 1.165) is 36.9 Å². The third-order valence-corrected chi connectivity index (χ3v) is 5.72. The Morgan fingerprint density at radius 2 is 1.92 bits per heavy atom. The zero-order valence-electron chi connectivity index (χ0n) is 14.2.